The van der Waals surface area contributed by atoms with Crippen molar-refractivity contribution in [2.24, 2.45) is 4.99 Å². The van der Waals surface area contributed by atoms with Crippen molar-refractivity contribution in [2.45, 2.75) is 32.7 Å². The Hall–Kier alpha value is -1.79. The molecule has 0 atom stereocenters. The number of ether oxygens (including phenoxy) is 1. The van der Waals surface area contributed by atoms with Crippen LogP contribution in [-0.2, 0) is 14.3 Å². The Labute approximate surface area is 114 Å². The Morgan fingerprint density at radius 1 is 1.21 bits per heavy atom. The van der Waals surface area contributed by atoms with E-state index in [-0.39, 0.29) is 30.4 Å². The van der Waals surface area contributed by atoms with E-state index in [0.717, 1.165) is 0 Å². The molecule has 0 radical (unpaired) electrons. The van der Waals surface area contributed by atoms with E-state index < -0.39 is 0 Å². The van der Waals surface area contributed by atoms with Crippen molar-refractivity contribution in [1.29, 1.82) is 0 Å². The van der Waals surface area contributed by atoms with Gasteiger partial charge in [-0.2, -0.15) is 0 Å². The molecule has 0 saturated heterocycles. The van der Waals surface area contributed by atoms with Gasteiger partial charge in [0.1, 0.15) is 0 Å². The molecule has 0 aromatic carbocycles. The number of esters is 1. The maximum Gasteiger partial charge on any atom is 0.307 e. The first-order valence-corrected chi connectivity index (χ1v) is 6.11. The molecule has 0 aliphatic heterocycles. The number of hydrogen-bond acceptors (Lipinski definition) is 4. The second kappa shape index (κ2) is 8.34. The van der Waals surface area contributed by atoms with E-state index >= 15 is 0 Å². The maximum atomic E-state index is 11.6. The fraction of sp³-hybridized carbons (Fsp3) is 0.750. The summed E-state index contributed by atoms with van der Waals surface area (Å²) >= 11 is 0. The van der Waals surface area contributed by atoms with Crippen molar-refractivity contribution < 1.29 is 14.3 Å². The molecule has 19 heavy (non-hydrogen) atoms. The fourth-order valence-electron chi connectivity index (χ4n) is 1.23. The monoisotopic (exact) mass is 272 g/mol. The van der Waals surface area contributed by atoms with Crippen molar-refractivity contribution in [3.05, 3.63) is 0 Å². The van der Waals surface area contributed by atoms with E-state index in [9.17, 15) is 9.59 Å². The van der Waals surface area contributed by atoms with E-state index in [1.54, 1.807) is 7.05 Å². The first kappa shape index (κ1) is 17.2. The van der Waals surface area contributed by atoms with Gasteiger partial charge >= 0.3 is 5.97 Å². The van der Waals surface area contributed by atoms with Gasteiger partial charge < -0.3 is 20.7 Å². The summed E-state index contributed by atoms with van der Waals surface area (Å²) in [5.41, 5.74) is -0.263. The molecule has 7 heteroatoms. The highest BCUT2D eigenvalue weighted by molar-refractivity contribution is 5.86. The number of amides is 1. The summed E-state index contributed by atoms with van der Waals surface area (Å²) in [6.45, 7) is 6.25. The maximum absolute atomic E-state index is 11.6. The van der Waals surface area contributed by atoms with Crippen LogP contribution in [0.4, 0.5) is 0 Å². The van der Waals surface area contributed by atoms with Crippen LogP contribution in [0, 0.1) is 0 Å². The number of guanidine groups is 1. The van der Waals surface area contributed by atoms with Crippen molar-refractivity contribution in [1.82, 2.24) is 16.0 Å². The highest BCUT2D eigenvalue weighted by Crippen LogP contribution is 1.96. The molecule has 0 bridgehead atoms. The number of methoxy groups -OCH3 is 1. The van der Waals surface area contributed by atoms with E-state index in [1.807, 2.05) is 20.8 Å². The number of nitrogens with one attached hydrogen (secondary N) is 3. The molecule has 0 saturated carbocycles. The summed E-state index contributed by atoms with van der Waals surface area (Å²) in [6.07, 6.45) is 0.241. The quantitative estimate of drug-likeness (QED) is 0.361. The average molecular weight is 272 g/mol. The first-order valence-electron chi connectivity index (χ1n) is 6.11. The van der Waals surface area contributed by atoms with Crippen LogP contribution < -0.4 is 16.0 Å². The molecule has 0 rings (SSSR count). The average Bonchev–Trinajstić information content (AvgIpc) is 2.30. The van der Waals surface area contributed by atoms with Gasteiger partial charge in [0.05, 0.1) is 20.1 Å². The molecule has 3 N–H and O–H groups in total. The lowest BCUT2D eigenvalue weighted by molar-refractivity contribution is -0.140. The molecule has 0 heterocycles. The summed E-state index contributed by atoms with van der Waals surface area (Å²) in [5, 5.41) is 8.59. The molecule has 7 nitrogen and oxygen atoms in total. The van der Waals surface area contributed by atoms with Crippen LogP contribution in [0.1, 0.15) is 27.2 Å². The van der Waals surface area contributed by atoms with Crippen LogP contribution in [0.25, 0.3) is 0 Å². The Kier molecular flexibility index (Phi) is 7.55. The van der Waals surface area contributed by atoms with Gasteiger partial charge in [-0.25, -0.2) is 0 Å². The normalized spacial score (nSPS) is 11.7. The van der Waals surface area contributed by atoms with Gasteiger partial charge in [0.15, 0.2) is 5.96 Å². The molecule has 0 aliphatic rings. The van der Waals surface area contributed by atoms with Crippen LogP contribution in [0.5, 0.6) is 0 Å². The van der Waals surface area contributed by atoms with Gasteiger partial charge in [0.2, 0.25) is 5.91 Å². The zero-order chi connectivity index (χ0) is 14.9. The van der Waals surface area contributed by atoms with Crippen molar-refractivity contribution in [3.63, 3.8) is 0 Å². The third-order valence-electron chi connectivity index (χ3n) is 2.00. The standard InChI is InChI=1S/C12H24N4O3/c1-12(2,3)16-9(17)8-15-11(13-4)14-7-6-10(18)19-5/h6-8H2,1-5H3,(H,16,17)(H2,13,14,15). The van der Waals surface area contributed by atoms with Gasteiger partial charge in [-0.15, -0.1) is 0 Å². The molecule has 0 unspecified atom stereocenters. The largest absolute Gasteiger partial charge is 0.469 e. The minimum Gasteiger partial charge on any atom is -0.469 e. The van der Waals surface area contributed by atoms with Crippen LogP contribution in [0.2, 0.25) is 0 Å². The van der Waals surface area contributed by atoms with Crippen LogP contribution in [-0.4, -0.2) is 50.6 Å². The number of nitrogens with zero attached hydrogens (tertiary/aromatic N) is 1. The van der Waals surface area contributed by atoms with Crippen molar-refractivity contribution in [2.75, 3.05) is 27.2 Å². The number of aliphatic imine (C=N–C) groups is 1. The summed E-state index contributed by atoms with van der Waals surface area (Å²) in [6, 6.07) is 0. The lowest BCUT2D eigenvalue weighted by Gasteiger charge is -2.21. The SMILES string of the molecule is CN=C(NCCC(=O)OC)NCC(=O)NC(C)(C)C. The topological polar surface area (TPSA) is 91.8 Å². The lowest BCUT2D eigenvalue weighted by Crippen LogP contribution is -2.48. The molecular formula is C12H24N4O3. The third-order valence-corrected chi connectivity index (χ3v) is 2.00. The van der Waals surface area contributed by atoms with Crippen molar-refractivity contribution in [3.8, 4) is 0 Å². The predicted octanol–water partition coefficient (Wildman–Crippen LogP) is -0.371. The number of hydrogen-bond donors (Lipinski definition) is 3. The molecule has 0 fully saturated rings. The molecule has 0 aromatic heterocycles. The van der Waals surface area contributed by atoms with Gasteiger partial charge in [0.25, 0.3) is 0 Å². The summed E-state index contributed by atoms with van der Waals surface area (Å²) in [4.78, 5) is 26.4. The molecule has 0 spiro atoms. The molecular weight excluding hydrogens is 248 g/mol. The van der Waals surface area contributed by atoms with Crippen LogP contribution in [0.3, 0.4) is 0 Å². The highest BCUT2D eigenvalue weighted by atomic mass is 16.5. The second-order valence-corrected chi connectivity index (χ2v) is 4.98. The van der Waals surface area contributed by atoms with Gasteiger partial charge in [-0.3, -0.25) is 14.6 Å². The lowest BCUT2D eigenvalue weighted by atomic mass is 10.1. The molecule has 110 valence electrons. The Bertz CT molecular complexity index is 334. The Morgan fingerprint density at radius 3 is 2.32 bits per heavy atom. The zero-order valence-electron chi connectivity index (χ0n) is 12.3. The van der Waals surface area contributed by atoms with Gasteiger partial charge in [-0.1, -0.05) is 0 Å². The number of rotatable bonds is 5. The summed E-state index contributed by atoms with van der Waals surface area (Å²) in [7, 11) is 2.93. The van der Waals surface area contributed by atoms with E-state index in [0.29, 0.717) is 12.5 Å². The van der Waals surface area contributed by atoms with Crippen LogP contribution >= 0.6 is 0 Å². The highest BCUT2D eigenvalue weighted by Gasteiger charge is 2.13. The van der Waals surface area contributed by atoms with E-state index in [4.69, 9.17) is 0 Å². The predicted molar refractivity (Wildman–Crippen MR) is 73.9 cm³/mol. The smallest absolute Gasteiger partial charge is 0.307 e. The van der Waals surface area contributed by atoms with Gasteiger partial charge in [-0.05, 0) is 20.8 Å². The minimum atomic E-state index is -0.298. The second-order valence-electron chi connectivity index (χ2n) is 4.98. The molecule has 1 amide bonds. The molecule has 0 aromatic rings. The Morgan fingerprint density at radius 2 is 1.84 bits per heavy atom. The summed E-state index contributed by atoms with van der Waals surface area (Å²) < 4.78 is 4.52. The fourth-order valence-corrected chi connectivity index (χ4v) is 1.23. The van der Waals surface area contributed by atoms with Crippen molar-refractivity contribution >= 4 is 17.8 Å². The number of carbonyl (C=O) groups excluding carboxylic acids is 2. The minimum absolute atomic E-state index is 0.120. The zero-order valence-corrected chi connectivity index (χ0v) is 12.3. The van der Waals surface area contributed by atoms with Gasteiger partial charge in [0, 0.05) is 19.1 Å². The van der Waals surface area contributed by atoms with E-state index in [1.165, 1.54) is 7.11 Å². The third kappa shape index (κ3) is 9.87. The first-order chi connectivity index (χ1) is 8.78. The molecule has 0 aliphatic carbocycles. The summed E-state index contributed by atoms with van der Waals surface area (Å²) in [5.74, 6) is 0.0461. The van der Waals surface area contributed by atoms with E-state index in [2.05, 4.69) is 25.7 Å². The van der Waals surface area contributed by atoms with Crippen LogP contribution in [0.15, 0.2) is 4.99 Å². The Balaban J connectivity index is 3.95. The number of carbonyl (C=O) groups is 2.